The lowest BCUT2D eigenvalue weighted by molar-refractivity contribution is 0.0240. The summed E-state index contributed by atoms with van der Waals surface area (Å²) < 4.78 is 31.6. The molecule has 1 saturated heterocycles. The first-order valence-corrected chi connectivity index (χ1v) is 12.8. The van der Waals surface area contributed by atoms with Crippen LogP contribution in [0.25, 0.3) is 11.3 Å². The number of pyridine rings is 2. The Labute approximate surface area is 231 Å². The molecule has 4 rings (SSSR count). The molecular formula is C27H29Cl2FN4O4. The van der Waals surface area contributed by atoms with E-state index in [1.54, 1.807) is 41.3 Å². The van der Waals surface area contributed by atoms with Crippen LogP contribution in [0.4, 0.5) is 15.0 Å². The van der Waals surface area contributed by atoms with Gasteiger partial charge in [0.25, 0.3) is 5.88 Å². The maximum Gasteiger partial charge on any atom is 0.410 e. The van der Waals surface area contributed by atoms with Crippen molar-refractivity contribution in [2.75, 3.05) is 38.2 Å². The summed E-state index contributed by atoms with van der Waals surface area (Å²) in [6.45, 7) is 7.81. The van der Waals surface area contributed by atoms with E-state index in [9.17, 15) is 4.79 Å². The van der Waals surface area contributed by atoms with Gasteiger partial charge in [-0.15, -0.1) is 0 Å². The fourth-order valence-corrected chi connectivity index (χ4v) is 4.44. The van der Waals surface area contributed by atoms with E-state index in [-0.39, 0.29) is 24.1 Å². The number of aromatic nitrogens is 2. The average Bonchev–Trinajstić information content (AvgIpc) is 2.85. The Hall–Kier alpha value is -3.14. The number of anilines is 1. The second-order valence-electron chi connectivity index (χ2n) is 9.79. The Kier molecular flexibility index (Phi) is 8.60. The predicted octanol–water partition coefficient (Wildman–Crippen LogP) is 6.59. The maximum absolute atomic E-state index is 15.2. The molecule has 1 aliphatic heterocycles. The third-order valence-electron chi connectivity index (χ3n) is 5.65. The zero-order chi connectivity index (χ0) is 27.4. The number of carbonyl (C=O) groups excluding carboxylic acids is 1. The number of ether oxygens (including phenoxy) is 3. The molecule has 11 heteroatoms. The van der Waals surface area contributed by atoms with Crippen molar-refractivity contribution in [3.05, 3.63) is 64.0 Å². The van der Waals surface area contributed by atoms with E-state index >= 15 is 4.39 Å². The molecule has 0 radical (unpaired) electrons. The first-order chi connectivity index (χ1) is 18.0. The lowest BCUT2D eigenvalue weighted by Crippen LogP contribution is -2.50. The summed E-state index contributed by atoms with van der Waals surface area (Å²) >= 11 is 12.3. The van der Waals surface area contributed by atoms with Gasteiger partial charge in [-0.05, 0) is 57.2 Å². The van der Waals surface area contributed by atoms with E-state index in [1.807, 2.05) is 20.8 Å². The SMILES string of the molecule is COCc1cc(-c2cc(Cl)cc(Cl)c2)nc(Oc2ccc(N3CCN(C(=O)OC(C)(C)C)CC3)nc2)c1F. The van der Waals surface area contributed by atoms with Crippen LogP contribution in [-0.2, 0) is 16.1 Å². The van der Waals surface area contributed by atoms with Gasteiger partial charge in [0.15, 0.2) is 5.82 Å². The second kappa shape index (κ2) is 11.7. The van der Waals surface area contributed by atoms with E-state index in [1.165, 1.54) is 13.3 Å². The van der Waals surface area contributed by atoms with Gasteiger partial charge in [0.05, 0.1) is 18.5 Å². The molecule has 38 heavy (non-hydrogen) atoms. The predicted molar refractivity (Wildman–Crippen MR) is 145 cm³/mol. The largest absolute Gasteiger partial charge is 0.444 e. The van der Waals surface area contributed by atoms with Crippen molar-refractivity contribution in [1.29, 1.82) is 0 Å². The number of hydrogen-bond acceptors (Lipinski definition) is 7. The van der Waals surface area contributed by atoms with Crippen LogP contribution in [0.1, 0.15) is 26.3 Å². The third-order valence-corrected chi connectivity index (χ3v) is 6.09. The molecule has 1 aromatic carbocycles. The molecule has 0 bridgehead atoms. The number of benzene rings is 1. The van der Waals surface area contributed by atoms with E-state index < -0.39 is 11.4 Å². The van der Waals surface area contributed by atoms with Crippen molar-refractivity contribution in [3.63, 3.8) is 0 Å². The fraction of sp³-hybridized carbons (Fsp3) is 0.370. The van der Waals surface area contributed by atoms with E-state index in [2.05, 4.69) is 14.9 Å². The summed E-state index contributed by atoms with van der Waals surface area (Å²) in [5.41, 5.74) is 0.787. The highest BCUT2D eigenvalue weighted by Crippen LogP contribution is 2.32. The Morgan fingerprint density at radius 2 is 1.74 bits per heavy atom. The summed E-state index contributed by atoms with van der Waals surface area (Å²) in [6, 6.07) is 10.0. The topological polar surface area (TPSA) is 77.0 Å². The van der Waals surface area contributed by atoms with Crippen molar-refractivity contribution in [2.45, 2.75) is 33.0 Å². The first-order valence-electron chi connectivity index (χ1n) is 12.0. The lowest BCUT2D eigenvalue weighted by Gasteiger charge is -2.36. The fourth-order valence-electron chi connectivity index (χ4n) is 3.91. The molecule has 0 aliphatic carbocycles. The summed E-state index contributed by atoms with van der Waals surface area (Å²) in [5, 5.41) is 0.863. The number of amides is 1. The summed E-state index contributed by atoms with van der Waals surface area (Å²) in [4.78, 5) is 24.9. The zero-order valence-corrected chi connectivity index (χ0v) is 23.1. The van der Waals surface area contributed by atoms with Gasteiger partial charge in [-0.25, -0.2) is 19.2 Å². The smallest absolute Gasteiger partial charge is 0.410 e. The van der Waals surface area contributed by atoms with Crippen molar-refractivity contribution >= 4 is 35.1 Å². The van der Waals surface area contributed by atoms with Crippen LogP contribution < -0.4 is 9.64 Å². The van der Waals surface area contributed by atoms with E-state index in [0.717, 1.165) is 5.82 Å². The van der Waals surface area contributed by atoms with Crippen LogP contribution in [0.15, 0.2) is 42.6 Å². The van der Waals surface area contributed by atoms with Crippen LogP contribution in [-0.4, -0.2) is 59.9 Å². The molecule has 0 unspecified atom stereocenters. The van der Waals surface area contributed by atoms with Gasteiger partial charge in [0.1, 0.15) is 17.2 Å². The minimum absolute atomic E-state index is 0.0263. The van der Waals surface area contributed by atoms with Crippen LogP contribution in [0, 0.1) is 5.82 Å². The van der Waals surface area contributed by atoms with Gasteiger partial charge >= 0.3 is 6.09 Å². The Balaban J connectivity index is 1.48. The van der Waals surface area contributed by atoms with Gasteiger partial charge in [0.2, 0.25) is 0 Å². The molecule has 0 saturated carbocycles. The summed E-state index contributed by atoms with van der Waals surface area (Å²) in [6.07, 6.45) is 1.19. The molecule has 1 fully saturated rings. The van der Waals surface area contributed by atoms with E-state index in [0.29, 0.717) is 53.2 Å². The van der Waals surface area contributed by atoms with Gasteiger partial charge < -0.3 is 24.0 Å². The molecule has 3 aromatic rings. The zero-order valence-electron chi connectivity index (χ0n) is 21.6. The number of methoxy groups -OCH3 is 1. The molecule has 0 N–H and O–H groups in total. The van der Waals surface area contributed by atoms with Gasteiger partial charge in [-0.2, -0.15) is 0 Å². The Morgan fingerprint density at radius 1 is 1.05 bits per heavy atom. The first kappa shape index (κ1) is 27.9. The molecule has 202 valence electrons. The number of halogens is 3. The normalized spacial score (nSPS) is 14.0. The van der Waals surface area contributed by atoms with Crippen LogP contribution >= 0.6 is 23.2 Å². The van der Waals surface area contributed by atoms with Crippen molar-refractivity contribution < 1.29 is 23.4 Å². The molecular weight excluding hydrogens is 534 g/mol. The summed E-state index contributed by atoms with van der Waals surface area (Å²) in [5.74, 6) is 0.187. The number of rotatable bonds is 6. The molecule has 1 amide bonds. The second-order valence-corrected chi connectivity index (χ2v) is 10.7. The molecule has 0 spiro atoms. The monoisotopic (exact) mass is 562 g/mol. The highest BCUT2D eigenvalue weighted by molar-refractivity contribution is 6.35. The average molecular weight is 563 g/mol. The molecule has 0 atom stereocenters. The molecule has 8 nitrogen and oxygen atoms in total. The van der Waals surface area contributed by atoms with E-state index in [4.69, 9.17) is 37.4 Å². The van der Waals surface area contributed by atoms with Crippen LogP contribution in [0.2, 0.25) is 10.0 Å². The van der Waals surface area contributed by atoms with Crippen molar-refractivity contribution in [1.82, 2.24) is 14.9 Å². The van der Waals surface area contributed by atoms with Gasteiger partial charge in [-0.1, -0.05) is 23.2 Å². The van der Waals surface area contributed by atoms with Crippen molar-refractivity contribution in [2.24, 2.45) is 0 Å². The van der Waals surface area contributed by atoms with Gasteiger partial charge in [0, 0.05) is 54.5 Å². The lowest BCUT2D eigenvalue weighted by atomic mass is 10.1. The highest BCUT2D eigenvalue weighted by atomic mass is 35.5. The van der Waals surface area contributed by atoms with Crippen molar-refractivity contribution in [3.8, 4) is 22.9 Å². The van der Waals surface area contributed by atoms with Crippen LogP contribution in [0.5, 0.6) is 11.6 Å². The molecule has 3 heterocycles. The number of carbonyl (C=O) groups is 1. The Bertz CT molecular complexity index is 1270. The Morgan fingerprint density at radius 3 is 2.32 bits per heavy atom. The minimum Gasteiger partial charge on any atom is -0.444 e. The molecule has 1 aliphatic rings. The number of piperazine rings is 1. The number of hydrogen-bond donors (Lipinski definition) is 0. The number of nitrogens with zero attached hydrogens (tertiary/aromatic N) is 4. The quantitative estimate of drug-likeness (QED) is 0.335. The minimum atomic E-state index is -0.633. The summed E-state index contributed by atoms with van der Waals surface area (Å²) in [7, 11) is 1.48. The third kappa shape index (κ3) is 7.03. The van der Waals surface area contributed by atoms with Crippen LogP contribution in [0.3, 0.4) is 0 Å². The standard InChI is InChI=1S/C27H29Cl2FN4O4/c1-27(2,3)38-26(35)34-9-7-33(8-10-34)23-6-5-21(15-31-23)37-25-24(30)18(16-36-4)13-22(32-25)17-11-19(28)14-20(29)12-17/h5-6,11-15H,7-10,16H2,1-4H3. The van der Waals surface area contributed by atoms with Gasteiger partial charge in [-0.3, -0.25) is 0 Å². The highest BCUT2D eigenvalue weighted by Gasteiger charge is 2.26. The maximum atomic E-state index is 15.2. The molecule has 2 aromatic heterocycles.